The van der Waals surface area contributed by atoms with E-state index in [9.17, 15) is 0 Å². The molecular formula is C13H15NS. The zero-order valence-corrected chi connectivity index (χ0v) is 9.90. The third kappa shape index (κ3) is 2.11. The second-order valence-corrected chi connectivity index (χ2v) is 4.91. The molecule has 0 aliphatic heterocycles. The molecule has 1 aromatic carbocycles. The van der Waals surface area contributed by atoms with Gasteiger partial charge in [0.25, 0.3) is 0 Å². The van der Waals surface area contributed by atoms with Gasteiger partial charge in [0.05, 0.1) is 0 Å². The third-order valence-electron chi connectivity index (χ3n) is 2.57. The Morgan fingerprint density at radius 3 is 2.53 bits per heavy atom. The van der Waals surface area contributed by atoms with Gasteiger partial charge in [-0.3, -0.25) is 0 Å². The van der Waals surface area contributed by atoms with Gasteiger partial charge in [0.1, 0.15) is 0 Å². The van der Waals surface area contributed by atoms with Crippen LogP contribution in [-0.2, 0) is 6.54 Å². The van der Waals surface area contributed by atoms with E-state index >= 15 is 0 Å². The molecule has 78 valence electrons. The summed E-state index contributed by atoms with van der Waals surface area (Å²) in [4.78, 5) is 1.35. The van der Waals surface area contributed by atoms with Crippen molar-refractivity contribution in [1.29, 1.82) is 0 Å². The lowest BCUT2D eigenvalue weighted by molar-refractivity contribution is 1.07. The summed E-state index contributed by atoms with van der Waals surface area (Å²) in [6, 6.07) is 8.67. The van der Waals surface area contributed by atoms with Crippen LogP contribution in [0.2, 0.25) is 0 Å². The van der Waals surface area contributed by atoms with E-state index < -0.39 is 0 Å². The third-order valence-corrected chi connectivity index (χ3v) is 3.43. The van der Waals surface area contributed by atoms with Crippen LogP contribution in [0.4, 0.5) is 0 Å². The standard InChI is InChI=1S/C13H15NS/c1-9-5-11(7-14)3-4-13(9)12-6-10(2)15-8-12/h3-6,8H,7,14H2,1-2H3. The first-order chi connectivity index (χ1) is 7.20. The minimum absolute atomic E-state index is 0.615. The van der Waals surface area contributed by atoms with Crippen molar-refractivity contribution in [3.8, 4) is 11.1 Å². The highest BCUT2D eigenvalue weighted by Gasteiger charge is 2.03. The van der Waals surface area contributed by atoms with Crippen LogP contribution in [0.1, 0.15) is 16.0 Å². The van der Waals surface area contributed by atoms with Crippen molar-refractivity contribution in [3.05, 3.63) is 45.6 Å². The minimum Gasteiger partial charge on any atom is -0.326 e. The molecule has 1 aromatic heterocycles. The van der Waals surface area contributed by atoms with Crippen molar-refractivity contribution in [2.45, 2.75) is 20.4 Å². The van der Waals surface area contributed by atoms with Gasteiger partial charge in [-0.15, -0.1) is 11.3 Å². The zero-order chi connectivity index (χ0) is 10.8. The molecule has 0 saturated heterocycles. The smallest absolute Gasteiger partial charge is 0.0178 e. The van der Waals surface area contributed by atoms with E-state index in [1.165, 1.54) is 27.1 Å². The highest BCUT2D eigenvalue weighted by Crippen LogP contribution is 2.28. The Hall–Kier alpha value is -1.12. The summed E-state index contributed by atoms with van der Waals surface area (Å²) in [5, 5.41) is 2.21. The number of nitrogens with two attached hydrogens (primary N) is 1. The van der Waals surface area contributed by atoms with E-state index in [-0.39, 0.29) is 0 Å². The van der Waals surface area contributed by atoms with E-state index in [1.807, 2.05) is 0 Å². The van der Waals surface area contributed by atoms with Crippen LogP contribution in [-0.4, -0.2) is 0 Å². The molecule has 2 rings (SSSR count). The topological polar surface area (TPSA) is 26.0 Å². The lowest BCUT2D eigenvalue weighted by Gasteiger charge is -2.05. The van der Waals surface area contributed by atoms with Crippen LogP contribution < -0.4 is 5.73 Å². The van der Waals surface area contributed by atoms with Crippen LogP contribution in [0, 0.1) is 13.8 Å². The average Bonchev–Trinajstić information content (AvgIpc) is 2.64. The van der Waals surface area contributed by atoms with Crippen molar-refractivity contribution in [2.75, 3.05) is 0 Å². The number of benzene rings is 1. The summed E-state index contributed by atoms with van der Waals surface area (Å²) in [7, 11) is 0. The lowest BCUT2D eigenvalue weighted by Crippen LogP contribution is -1.96. The molecule has 0 fully saturated rings. The Bertz CT molecular complexity index is 471. The van der Waals surface area contributed by atoms with Gasteiger partial charge < -0.3 is 5.73 Å². The maximum Gasteiger partial charge on any atom is 0.0178 e. The lowest BCUT2D eigenvalue weighted by atomic mass is 10.0. The SMILES string of the molecule is Cc1cc(-c2ccc(CN)cc2C)cs1. The van der Waals surface area contributed by atoms with Crippen molar-refractivity contribution in [3.63, 3.8) is 0 Å². The fraction of sp³-hybridized carbons (Fsp3) is 0.231. The molecule has 0 aliphatic rings. The molecule has 0 saturated carbocycles. The van der Waals surface area contributed by atoms with E-state index in [2.05, 4.69) is 43.5 Å². The highest BCUT2D eigenvalue weighted by atomic mass is 32.1. The molecule has 15 heavy (non-hydrogen) atoms. The molecular weight excluding hydrogens is 202 g/mol. The van der Waals surface area contributed by atoms with Gasteiger partial charge in [-0.05, 0) is 47.5 Å². The molecule has 1 nitrogen and oxygen atoms in total. The van der Waals surface area contributed by atoms with Crippen LogP contribution in [0.15, 0.2) is 29.6 Å². The molecule has 1 heterocycles. The first-order valence-electron chi connectivity index (χ1n) is 5.06. The van der Waals surface area contributed by atoms with Gasteiger partial charge >= 0.3 is 0 Å². The first kappa shape index (κ1) is 10.4. The van der Waals surface area contributed by atoms with E-state index in [0.29, 0.717) is 6.54 Å². The average molecular weight is 217 g/mol. The number of thiophene rings is 1. The maximum atomic E-state index is 5.61. The molecule has 2 heteroatoms. The Balaban J connectivity index is 2.45. The molecule has 0 amide bonds. The summed E-state index contributed by atoms with van der Waals surface area (Å²) < 4.78 is 0. The normalized spacial score (nSPS) is 10.6. The van der Waals surface area contributed by atoms with Crippen LogP contribution in [0.5, 0.6) is 0 Å². The summed E-state index contributed by atoms with van der Waals surface area (Å²) in [6.45, 7) is 4.89. The van der Waals surface area contributed by atoms with Gasteiger partial charge in [-0.1, -0.05) is 18.2 Å². The summed E-state index contributed by atoms with van der Waals surface area (Å²) in [6.07, 6.45) is 0. The molecule has 0 unspecified atom stereocenters. The van der Waals surface area contributed by atoms with E-state index in [0.717, 1.165) is 0 Å². The molecule has 0 spiro atoms. The summed E-state index contributed by atoms with van der Waals surface area (Å²) >= 11 is 1.79. The summed E-state index contributed by atoms with van der Waals surface area (Å²) in [5.41, 5.74) is 10.7. The van der Waals surface area contributed by atoms with Crippen molar-refractivity contribution in [1.82, 2.24) is 0 Å². The molecule has 0 atom stereocenters. The second kappa shape index (κ2) is 4.17. The van der Waals surface area contributed by atoms with E-state index in [1.54, 1.807) is 11.3 Å². The molecule has 0 radical (unpaired) electrons. The highest BCUT2D eigenvalue weighted by molar-refractivity contribution is 7.10. The molecule has 2 N–H and O–H groups in total. The van der Waals surface area contributed by atoms with Crippen LogP contribution in [0.25, 0.3) is 11.1 Å². The Kier molecular flexibility index (Phi) is 2.89. The molecule has 2 aromatic rings. The largest absolute Gasteiger partial charge is 0.326 e. The molecule has 0 aliphatic carbocycles. The Labute approximate surface area is 94.6 Å². The molecule has 0 bridgehead atoms. The van der Waals surface area contributed by atoms with E-state index in [4.69, 9.17) is 5.73 Å². The predicted octanol–water partition coefficient (Wildman–Crippen LogP) is 3.49. The van der Waals surface area contributed by atoms with Crippen molar-refractivity contribution < 1.29 is 0 Å². The number of hydrogen-bond donors (Lipinski definition) is 1. The van der Waals surface area contributed by atoms with Gasteiger partial charge in [0, 0.05) is 11.4 Å². The summed E-state index contributed by atoms with van der Waals surface area (Å²) in [5.74, 6) is 0. The van der Waals surface area contributed by atoms with Gasteiger partial charge in [-0.25, -0.2) is 0 Å². The number of rotatable bonds is 2. The van der Waals surface area contributed by atoms with Gasteiger partial charge in [0.15, 0.2) is 0 Å². The zero-order valence-electron chi connectivity index (χ0n) is 9.08. The Morgan fingerprint density at radius 1 is 1.20 bits per heavy atom. The quantitative estimate of drug-likeness (QED) is 0.818. The predicted molar refractivity (Wildman–Crippen MR) is 67.1 cm³/mol. The number of hydrogen-bond acceptors (Lipinski definition) is 2. The van der Waals surface area contributed by atoms with Crippen LogP contribution in [0.3, 0.4) is 0 Å². The fourth-order valence-electron chi connectivity index (χ4n) is 1.76. The fourth-order valence-corrected chi connectivity index (χ4v) is 2.46. The van der Waals surface area contributed by atoms with Gasteiger partial charge in [0.2, 0.25) is 0 Å². The monoisotopic (exact) mass is 217 g/mol. The van der Waals surface area contributed by atoms with Crippen LogP contribution >= 0.6 is 11.3 Å². The van der Waals surface area contributed by atoms with Crippen molar-refractivity contribution >= 4 is 11.3 Å². The minimum atomic E-state index is 0.615. The number of aryl methyl sites for hydroxylation is 2. The van der Waals surface area contributed by atoms with Crippen molar-refractivity contribution in [2.24, 2.45) is 5.73 Å². The first-order valence-corrected chi connectivity index (χ1v) is 5.94. The second-order valence-electron chi connectivity index (χ2n) is 3.80. The maximum absolute atomic E-state index is 5.61. The van der Waals surface area contributed by atoms with Gasteiger partial charge in [-0.2, -0.15) is 0 Å². The Morgan fingerprint density at radius 2 is 2.00 bits per heavy atom.